The van der Waals surface area contributed by atoms with Crippen LogP contribution in [0.2, 0.25) is 0 Å². The van der Waals surface area contributed by atoms with Crippen LogP contribution in [0.4, 0.5) is 16.2 Å². The molecule has 3 aromatic heterocycles. The summed E-state index contributed by atoms with van der Waals surface area (Å²) in [5.74, 6) is -0.200. The minimum absolute atomic E-state index is 0.0330. The Morgan fingerprint density at radius 1 is 0.933 bits per heavy atom. The molecule has 0 radical (unpaired) electrons. The highest BCUT2D eigenvalue weighted by molar-refractivity contribution is 5.94. The number of hydrogen-bond acceptors (Lipinski definition) is 9. The van der Waals surface area contributed by atoms with Gasteiger partial charge >= 0.3 is 0 Å². The summed E-state index contributed by atoms with van der Waals surface area (Å²) in [6.07, 6.45) is 3.14. The first-order valence-corrected chi connectivity index (χ1v) is 14.2. The van der Waals surface area contributed by atoms with Crippen molar-refractivity contribution in [1.82, 2.24) is 24.5 Å². The molecule has 6 rings (SSSR count). The normalized spacial score (nSPS) is 12.5. The van der Waals surface area contributed by atoms with Crippen molar-refractivity contribution < 1.29 is 14.2 Å². The summed E-state index contributed by atoms with van der Waals surface area (Å²) in [7, 11) is 1.55. The number of methoxy groups -OCH3 is 1. The first-order chi connectivity index (χ1) is 21.7. The molecule has 6 aromatic rings. The van der Waals surface area contributed by atoms with E-state index in [1.807, 2.05) is 68.4 Å². The summed E-state index contributed by atoms with van der Waals surface area (Å²) in [5.41, 5.74) is 9.36. The van der Waals surface area contributed by atoms with Crippen LogP contribution in [0.25, 0.3) is 38.8 Å². The number of fused-ring (bicyclic) bond motifs is 1. The molecule has 10 nitrogen and oxygen atoms in total. The van der Waals surface area contributed by atoms with E-state index < -0.39 is 11.6 Å². The fraction of sp³-hybridized carbons (Fsp3) is 0.147. The number of para-hydroxylation sites is 1. The van der Waals surface area contributed by atoms with Gasteiger partial charge in [-0.15, -0.1) is 0 Å². The van der Waals surface area contributed by atoms with Crippen LogP contribution < -0.4 is 21.3 Å². The Kier molecular flexibility index (Phi) is 7.82. The van der Waals surface area contributed by atoms with Crippen molar-refractivity contribution in [3.63, 3.8) is 0 Å². The monoisotopic (exact) mass is 603 g/mol. The van der Waals surface area contributed by atoms with Crippen LogP contribution in [0.5, 0.6) is 11.6 Å². The molecule has 0 aliphatic heterocycles. The van der Waals surface area contributed by atoms with Crippen LogP contribution in [0, 0.1) is 5.82 Å². The summed E-state index contributed by atoms with van der Waals surface area (Å²) in [5, 5.41) is 13.5. The molecule has 3 heterocycles. The van der Waals surface area contributed by atoms with E-state index in [4.69, 9.17) is 15.5 Å². The zero-order chi connectivity index (χ0) is 31.7. The summed E-state index contributed by atoms with van der Waals surface area (Å²) in [6.45, 7) is 3.91. The van der Waals surface area contributed by atoms with E-state index in [2.05, 4.69) is 20.3 Å². The van der Waals surface area contributed by atoms with E-state index >= 15 is 0 Å². The highest BCUT2D eigenvalue weighted by atomic mass is 19.1. The molecular weight excluding hydrogens is 573 g/mol. The molecule has 0 saturated heterocycles. The number of phenolic OH excluding ortho intramolecular Hbond substituents is 1. The average molecular weight is 604 g/mol. The van der Waals surface area contributed by atoms with Gasteiger partial charge in [0.25, 0.3) is 5.56 Å². The summed E-state index contributed by atoms with van der Waals surface area (Å²) in [6, 6.07) is 22.3. The van der Waals surface area contributed by atoms with E-state index in [0.29, 0.717) is 50.8 Å². The zero-order valence-electron chi connectivity index (χ0n) is 24.8. The van der Waals surface area contributed by atoms with Crippen LogP contribution in [-0.2, 0) is 0 Å². The van der Waals surface area contributed by atoms with Crippen LogP contribution in [-0.4, -0.2) is 42.8 Å². The van der Waals surface area contributed by atoms with Gasteiger partial charge in [0.1, 0.15) is 11.6 Å². The first-order valence-electron chi connectivity index (χ1n) is 14.2. The lowest BCUT2D eigenvalue weighted by molar-refractivity contribution is 0.398. The number of pyridine rings is 1. The van der Waals surface area contributed by atoms with Crippen molar-refractivity contribution in [3.8, 4) is 39.6 Å². The van der Waals surface area contributed by atoms with E-state index in [-0.39, 0.29) is 23.5 Å². The number of aromatic hydroxyl groups is 1. The third kappa shape index (κ3) is 5.63. The maximum absolute atomic E-state index is 14.5. The molecule has 2 unspecified atom stereocenters. The molecule has 0 aliphatic rings. The lowest BCUT2D eigenvalue weighted by Gasteiger charge is -2.26. The Balaban J connectivity index is 1.47. The van der Waals surface area contributed by atoms with Gasteiger partial charge < -0.3 is 20.9 Å². The fourth-order valence-electron chi connectivity index (χ4n) is 5.26. The predicted molar refractivity (Wildman–Crippen MR) is 172 cm³/mol. The minimum Gasteiger partial charge on any atom is -0.505 e. The molecule has 11 heteroatoms. The third-order valence-electron chi connectivity index (χ3n) is 7.78. The maximum atomic E-state index is 14.5. The summed E-state index contributed by atoms with van der Waals surface area (Å²) >= 11 is 0. The molecule has 0 aliphatic carbocycles. The number of aromatic nitrogens is 5. The quantitative estimate of drug-likeness (QED) is 0.193. The van der Waals surface area contributed by atoms with E-state index in [1.165, 1.54) is 18.3 Å². The zero-order valence-corrected chi connectivity index (χ0v) is 24.8. The second-order valence-corrected chi connectivity index (χ2v) is 10.6. The fourth-order valence-corrected chi connectivity index (χ4v) is 5.26. The molecule has 3 aromatic carbocycles. The van der Waals surface area contributed by atoms with Gasteiger partial charge in [-0.25, -0.2) is 19.3 Å². The SMILES string of the molecule is COc1cc(-c2cccc3nc(C(C)C(C)Nc4nc(N)ncc4-c4ccc(O)c(F)c4)n(-c4ccccc4)c(=O)c23)ccn1. The van der Waals surface area contributed by atoms with Crippen molar-refractivity contribution >= 4 is 22.7 Å². The van der Waals surface area contributed by atoms with Gasteiger partial charge in [-0.3, -0.25) is 9.36 Å². The number of rotatable bonds is 8. The van der Waals surface area contributed by atoms with Crippen LogP contribution >= 0.6 is 0 Å². The molecule has 45 heavy (non-hydrogen) atoms. The average Bonchev–Trinajstić information content (AvgIpc) is 3.06. The van der Waals surface area contributed by atoms with Gasteiger partial charge in [-0.2, -0.15) is 4.98 Å². The lowest BCUT2D eigenvalue weighted by atomic mass is 9.99. The number of phenols is 1. The lowest BCUT2D eigenvalue weighted by Crippen LogP contribution is -2.31. The molecule has 0 amide bonds. The van der Waals surface area contributed by atoms with Crippen molar-refractivity contribution in [2.45, 2.75) is 25.8 Å². The van der Waals surface area contributed by atoms with Crippen molar-refractivity contribution in [1.29, 1.82) is 0 Å². The minimum atomic E-state index is -0.770. The molecule has 226 valence electrons. The van der Waals surface area contributed by atoms with Gasteiger partial charge in [-0.05, 0) is 60.0 Å². The Hall–Kier alpha value is -5.84. The van der Waals surface area contributed by atoms with Crippen LogP contribution in [0.1, 0.15) is 25.6 Å². The van der Waals surface area contributed by atoms with Gasteiger partial charge in [0.2, 0.25) is 11.8 Å². The summed E-state index contributed by atoms with van der Waals surface area (Å²) in [4.78, 5) is 32.2. The Labute approximate surface area is 258 Å². The third-order valence-corrected chi connectivity index (χ3v) is 7.78. The standard InChI is InChI=1S/C34H30FN7O3/c1-19(20(2)39-31-25(18-38-34(36)41-31)21-12-13-28(43)26(35)16-21)32-40-27-11-7-10-24(22-14-15-37-29(17-22)45-3)30(27)33(44)42(32)23-8-5-4-6-9-23/h4-20,43H,1-3H3,(H3,36,38,39,41). The number of halogens is 1. The van der Waals surface area contributed by atoms with E-state index in [9.17, 15) is 14.3 Å². The number of nitrogens with two attached hydrogens (primary N) is 1. The Morgan fingerprint density at radius 2 is 1.71 bits per heavy atom. The number of hydrogen-bond donors (Lipinski definition) is 3. The number of ether oxygens (including phenoxy) is 1. The van der Waals surface area contributed by atoms with Crippen LogP contribution in [0.15, 0.2) is 96.1 Å². The smallest absolute Gasteiger partial charge is 0.266 e. The number of nitrogen functional groups attached to an aromatic ring is 1. The van der Waals surface area contributed by atoms with E-state index in [0.717, 1.165) is 5.56 Å². The molecule has 4 N–H and O–H groups in total. The molecule has 0 spiro atoms. The number of benzene rings is 3. The highest BCUT2D eigenvalue weighted by Crippen LogP contribution is 2.33. The Bertz CT molecular complexity index is 2090. The largest absolute Gasteiger partial charge is 0.505 e. The topological polar surface area (TPSA) is 141 Å². The Morgan fingerprint density at radius 3 is 2.47 bits per heavy atom. The van der Waals surface area contributed by atoms with Gasteiger partial charge in [-0.1, -0.05) is 43.3 Å². The molecule has 0 saturated carbocycles. The van der Waals surface area contributed by atoms with Crippen LogP contribution in [0.3, 0.4) is 0 Å². The van der Waals surface area contributed by atoms with Gasteiger partial charge in [0.15, 0.2) is 11.6 Å². The number of nitrogens with zero attached hydrogens (tertiary/aromatic N) is 5. The molecule has 2 atom stereocenters. The molecule has 0 bridgehead atoms. The number of nitrogens with one attached hydrogen (secondary N) is 1. The second kappa shape index (κ2) is 12.0. The van der Waals surface area contributed by atoms with E-state index in [1.54, 1.807) is 30.0 Å². The first kappa shape index (κ1) is 29.2. The number of anilines is 2. The maximum Gasteiger partial charge on any atom is 0.266 e. The van der Waals surface area contributed by atoms with Gasteiger partial charge in [0.05, 0.1) is 23.7 Å². The molecule has 0 fully saturated rings. The van der Waals surface area contributed by atoms with Crippen molar-refractivity contribution in [2.24, 2.45) is 0 Å². The summed E-state index contributed by atoms with van der Waals surface area (Å²) < 4.78 is 21.2. The highest BCUT2D eigenvalue weighted by Gasteiger charge is 2.25. The van der Waals surface area contributed by atoms with Crippen molar-refractivity contribution in [2.75, 3.05) is 18.2 Å². The van der Waals surface area contributed by atoms with Crippen molar-refractivity contribution in [3.05, 3.63) is 113 Å². The molecular formula is C34H30FN7O3. The van der Waals surface area contributed by atoms with Gasteiger partial charge in [0, 0.05) is 36.0 Å². The second-order valence-electron chi connectivity index (χ2n) is 10.6. The predicted octanol–water partition coefficient (Wildman–Crippen LogP) is 5.94.